The summed E-state index contributed by atoms with van der Waals surface area (Å²) in [5, 5.41) is 27.0. The lowest BCUT2D eigenvalue weighted by Gasteiger charge is -2.30. The molecule has 0 aliphatic carbocycles. The number of β-amino-alcohol motifs (C(OH)–C–C–N with tert-alkyl or cyclic N) is 1. The number of rotatable bonds is 5. The number of carbonyl (C=O) groups excluding carboxylic acids is 1. The summed E-state index contributed by atoms with van der Waals surface area (Å²) in [7, 11) is 0. The molecule has 0 saturated carbocycles. The number of nitrogens with one attached hydrogen (secondary N) is 2. The van der Waals surface area contributed by atoms with Gasteiger partial charge in [0.05, 0.1) is 23.4 Å². The van der Waals surface area contributed by atoms with Crippen molar-refractivity contribution in [3.8, 4) is 5.75 Å². The Balaban J connectivity index is 1.55. The molecule has 0 radical (unpaired) electrons. The molecule has 0 bridgehead atoms. The first-order valence-corrected chi connectivity index (χ1v) is 12.7. The molecule has 1 aromatic carbocycles. The molecule has 188 valence electrons. The number of phenolic OH excluding ortho intramolecular Hbond substituents is 1. The van der Waals surface area contributed by atoms with E-state index in [9.17, 15) is 19.2 Å². The van der Waals surface area contributed by atoms with Gasteiger partial charge in [-0.05, 0) is 56.4 Å². The van der Waals surface area contributed by atoms with Gasteiger partial charge in [0.2, 0.25) is 0 Å². The van der Waals surface area contributed by atoms with Crippen molar-refractivity contribution in [3.63, 3.8) is 0 Å². The Morgan fingerprint density at radius 3 is 2.66 bits per heavy atom. The van der Waals surface area contributed by atoms with Gasteiger partial charge in [-0.15, -0.1) is 8.80 Å². The van der Waals surface area contributed by atoms with E-state index >= 15 is 0 Å². The van der Waals surface area contributed by atoms with Crippen molar-refractivity contribution in [1.29, 1.82) is 0 Å². The Bertz CT molecular complexity index is 1190. The molecule has 10 nitrogen and oxygen atoms in total. The van der Waals surface area contributed by atoms with Crippen LogP contribution < -0.4 is 10.6 Å². The summed E-state index contributed by atoms with van der Waals surface area (Å²) in [6.45, 7) is 8.67. The molecular weight excluding hydrogens is 470 g/mol. The number of hydrogen-bond donors (Lipinski definition) is 4. The molecule has 3 heterocycles. The van der Waals surface area contributed by atoms with Crippen molar-refractivity contribution < 1.29 is 23.6 Å². The van der Waals surface area contributed by atoms with Crippen LogP contribution in [-0.2, 0) is 11.2 Å². The number of aryl methyl sites for hydroxylation is 2. The first-order chi connectivity index (χ1) is 16.6. The zero-order chi connectivity index (χ0) is 25.3. The van der Waals surface area contributed by atoms with Gasteiger partial charge in [-0.2, -0.15) is 0 Å². The van der Waals surface area contributed by atoms with E-state index < -0.39 is 17.3 Å². The Labute approximate surface area is 206 Å². The second kappa shape index (κ2) is 10.2. The number of furan rings is 1. The minimum absolute atomic E-state index is 0.108. The summed E-state index contributed by atoms with van der Waals surface area (Å²) < 4.78 is 26.2. The van der Waals surface area contributed by atoms with E-state index in [0.717, 1.165) is 17.1 Å². The van der Waals surface area contributed by atoms with Gasteiger partial charge >= 0.3 is 0 Å². The van der Waals surface area contributed by atoms with Gasteiger partial charge in [0.15, 0.2) is 17.4 Å². The lowest BCUT2D eigenvalue weighted by atomic mass is 10.0. The van der Waals surface area contributed by atoms with E-state index in [4.69, 9.17) is 4.42 Å². The number of amidine groups is 2. The molecule has 3 atom stereocenters. The van der Waals surface area contributed by atoms with Crippen LogP contribution in [0.4, 0.5) is 5.69 Å². The number of para-hydroxylation sites is 1. The molecule has 4 N–H and O–H groups in total. The van der Waals surface area contributed by atoms with Crippen LogP contribution in [0, 0.1) is 19.8 Å². The fraction of sp³-hybridized carbons (Fsp3) is 0.458. The highest BCUT2D eigenvalue weighted by molar-refractivity contribution is 7.83. The van der Waals surface area contributed by atoms with E-state index in [1.807, 2.05) is 33.8 Å². The molecule has 1 aromatic heterocycles. The van der Waals surface area contributed by atoms with Crippen LogP contribution in [0.3, 0.4) is 0 Å². The fourth-order valence-corrected chi connectivity index (χ4v) is 4.79. The molecule has 2 aliphatic rings. The fourth-order valence-electron chi connectivity index (χ4n) is 4.16. The maximum Gasteiger partial charge on any atom is 0.269 e. The first-order valence-electron chi connectivity index (χ1n) is 11.6. The molecule has 2 aliphatic heterocycles. The number of carbonyl (C=O) groups is 1. The third kappa shape index (κ3) is 5.40. The zero-order valence-corrected chi connectivity index (χ0v) is 21.1. The van der Waals surface area contributed by atoms with Crippen LogP contribution in [0.1, 0.15) is 60.2 Å². The summed E-state index contributed by atoms with van der Waals surface area (Å²) in [5.74, 6) is 1.50. The maximum absolute atomic E-state index is 13.0. The first kappa shape index (κ1) is 24.9. The number of amides is 1. The van der Waals surface area contributed by atoms with Gasteiger partial charge in [0.25, 0.3) is 17.1 Å². The molecule has 1 saturated heterocycles. The summed E-state index contributed by atoms with van der Waals surface area (Å²) in [6.07, 6.45) is 0.781. The van der Waals surface area contributed by atoms with E-state index in [0.29, 0.717) is 19.4 Å². The van der Waals surface area contributed by atoms with E-state index in [1.54, 1.807) is 12.1 Å². The molecular formula is C24H31N5O5S. The second-order valence-electron chi connectivity index (χ2n) is 9.24. The smallest absolute Gasteiger partial charge is 0.269 e. The van der Waals surface area contributed by atoms with E-state index in [2.05, 4.69) is 19.4 Å². The van der Waals surface area contributed by atoms with Crippen LogP contribution >= 0.6 is 0 Å². The number of piperidine rings is 1. The Kier molecular flexibility index (Phi) is 7.27. The molecule has 35 heavy (non-hydrogen) atoms. The molecule has 3 unspecified atom stereocenters. The quantitative estimate of drug-likeness (QED) is 0.462. The van der Waals surface area contributed by atoms with Gasteiger partial charge in [0, 0.05) is 13.1 Å². The largest absolute Gasteiger partial charge is 0.505 e. The third-order valence-electron chi connectivity index (χ3n) is 6.22. The van der Waals surface area contributed by atoms with Crippen molar-refractivity contribution >= 4 is 34.4 Å². The number of aliphatic hydroxyl groups is 1. The van der Waals surface area contributed by atoms with Gasteiger partial charge in [-0.3, -0.25) is 4.79 Å². The predicted octanol–water partition coefficient (Wildman–Crippen LogP) is 2.99. The number of benzene rings is 1. The van der Waals surface area contributed by atoms with Crippen LogP contribution in [-0.4, -0.2) is 56.1 Å². The summed E-state index contributed by atoms with van der Waals surface area (Å²) in [4.78, 5) is 14.5. The highest BCUT2D eigenvalue weighted by Crippen LogP contribution is 2.31. The zero-order valence-electron chi connectivity index (χ0n) is 20.2. The Morgan fingerprint density at radius 1 is 1.26 bits per heavy atom. The number of aromatic hydroxyl groups is 1. The summed E-state index contributed by atoms with van der Waals surface area (Å²) in [5.41, 5.74) is 1.37. The van der Waals surface area contributed by atoms with Crippen molar-refractivity contribution in [2.45, 2.75) is 52.7 Å². The summed E-state index contributed by atoms with van der Waals surface area (Å²) >= 11 is -1.83. The predicted molar refractivity (Wildman–Crippen MR) is 135 cm³/mol. The highest BCUT2D eigenvalue weighted by atomic mass is 32.2. The van der Waals surface area contributed by atoms with Gasteiger partial charge in [-0.1, -0.05) is 19.9 Å². The van der Waals surface area contributed by atoms with Gasteiger partial charge in [0.1, 0.15) is 11.5 Å². The van der Waals surface area contributed by atoms with Crippen molar-refractivity contribution in [3.05, 3.63) is 46.9 Å². The number of aliphatic hydroxyl groups excluding tert-OH is 1. The average molecular weight is 502 g/mol. The number of hydrogen-bond acceptors (Lipinski definition) is 7. The van der Waals surface area contributed by atoms with Crippen LogP contribution in [0.25, 0.3) is 0 Å². The van der Waals surface area contributed by atoms with E-state index in [-0.39, 0.29) is 53.1 Å². The number of nitrogens with zero attached hydrogens (tertiary/aromatic N) is 3. The SMILES string of the molecule is Cc1cc(C(NC2=NS(=O)N=C2Nc2cccc(C(=O)N3CCCC(O)C3)c2O)C(C)C)oc1C. The maximum atomic E-state index is 13.0. The third-order valence-corrected chi connectivity index (χ3v) is 6.89. The number of phenols is 1. The normalized spacial score (nSPS) is 21.0. The molecule has 2 aromatic rings. The molecule has 4 rings (SSSR count). The molecule has 11 heteroatoms. The van der Waals surface area contributed by atoms with Gasteiger partial charge < -0.3 is 30.2 Å². The average Bonchev–Trinajstić information content (AvgIpc) is 3.33. The van der Waals surface area contributed by atoms with Crippen LogP contribution in [0.2, 0.25) is 0 Å². The molecule has 1 fully saturated rings. The van der Waals surface area contributed by atoms with Crippen LogP contribution in [0.5, 0.6) is 5.75 Å². The van der Waals surface area contributed by atoms with Crippen LogP contribution in [0.15, 0.2) is 37.5 Å². The van der Waals surface area contributed by atoms with Crippen molar-refractivity contribution in [2.24, 2.45) is 14.7 Å². The van der Waals surface area contributed by atoms with Gasteiger partial charge in [-0.25, -0.2) is 4.21 Å². The minimum atomic E-state index is -1.83. The topological polar surface area (TPSA) is 140 Å². The summed E-state index contributed by atoms with van der Waals surface area (Å²) in [6, 6.07) is 6.47. The molecule has 0 spiro atoms. The highest BCUT2D eigenvalue weighted by Gasteiger charge is 2.29. The Hall–Kier alpha value is -3.18. The van der Waals surface area contributed by atoms with E-state index in [1.165, 1.54) is 11.0 Å². The molecule has 1 amide bonds. The van der Waals surface area contributed by atoms with Crippen molar-refractivity contribution in [1.82, 2.24) is 10.2 Å². The lowest BCUT2D eigenvalue weighted by Crippen LogP contribution is -2.42. The second-order valence-corrected chi connectivity index (χ2v) is 10.1. The van der Waals surface area contributed by atoms with Crippen molar-refractivity contribution in [2.75, 3.05) is 18.4 Å². The lowest BCUT2D eigenvalue weighted by molar-refractivity contribution is 0.0471. The number of anilines is 1. The minimum Gasteiger partial charge on any atom is -0.505 e. The number of likely N-dealkylation sites (tertiary alicyclic amines) is 1. The monoisotopic (exact) mass is 501 g/mol. The Morgan fingerprint density at radius 2 is 2.00 bits per heavy atom. The standard InChI is InChI=1S/C24H31N5O5S/c1-13(2)20(19-11-14(3)15(4)34-19)26-23-22(27-35(33)28-23)25-18-9-5-8-17(21(18)31)24(32)29-10-6-7-16(30)12-29/h5,8-9,11,13,16,20,30-31H,6-7,10,12H2,1-4H3,(H,25,27)(H,26,28).